The van der Waals surface area contributed by atoms with Crippen molar-refractivity contribution in [2.75, 3.05) is 0 Å². The molecule has 3 rings (SSSR count). The molecule has 0 N–H and O–H groups in total. The highest BCUT2D eigenvalue weighted by atomic mass is 35.5. The van der Waals surface area contributed by atoms with Crippen LogP contribution >= 0.6 is 11.6 Å². The topological polar surface area (TPSA) is 17.8 Å². The molecule has 2 aliphatic rings. The average Bonchev–Trinajstić information content (AvgIpc) is 2.54. The zero-order chi connectivity index (χ0) is 10.4. The zero-order valence-electron chi connectivity index (χ0n) is 8.24. The smallest absolute Gasteiger partial charge is 0.0878 e. The van der Waals surface area contributed by atoms with Crippen molar-refractivity contribution in [2.45, 2.75) is 0 Å². The van der Waals surface area contributed by atoms with Crippen molar-refractivity contribution < 1.29 is 0 Å². The fraction of sp³-hybridized carbons (Fsp3) is 0.0833. The molecule has 2 aliphatic heterocycles. The molecule has 0 radical (unpaired) electrons. The second kappa shape index (κ2) is 2.97. The van der Waals surface area contributed by atoms with Crippen molar-refractivity contribution in [2.24, 2.45) is 7.05 Å². The third-order valence-electron chi connectivity index (χ3n) is 2.57. The predicted octanol–water partition coefficient (Wildman–Crippen LogP) is 3.33. The number of pyridine rings is 1. The Balaban J connectivity index is 2.46. The van der Waals surface area contributed by atoms with Crippen LogP contribution in [0, 0.1) is 0 Å². The lowest BCUT2D eigenvalue weighted by Gasteiger charge is -2.01. The molecule has 0 spiro atoms. The Bertz CT molecular complexity index is 612. The van der Waals surface area contributed by atoms with Crippen LogP contribution in [0.5, 0.6) is 0 Å². The molecule has 0 bridgehead atoms. The second-order valence-electron chi connectivity index (χ2n) is 3.68. The average molecular weight is 217 g/mol. The van der Waals surface area contributed by atoms with Crippen molar-refractivity contribution in [1.29, 1.82) is 0 Å². The van der Waals surface area contributed by atoms with Gasteiger partial charge in [0.1, 0.15) is 0 Å². The first kappa shape index (κ1) is 8.74. The highest BCUT2D eigenvalue weighted by Gasteiger charge is 2.11. The molecule has 0 saturated carbocycles. The summed E-state index contributed by atoms with van der Waals surface area (Å²) in [5.41, 5.74) is 3.17. The molecule has 0 amide bonds. The summed E-state index contributed by atoms with van der Waals surface area (Å²) < 4.78 is 2.00. The van der Waals surface area contributed by atoms with Crippen LogP contribution in [0.2, 0.25) is 5.02 Å². The van der Waals surface area contributed by atoms with Gasteiger partial charge in [0, 0.05) is 35.4 Å². The SMILES string of the molecule is Cn1ccc2c3cc(Cl)ccc3nc-2c1. The maximum Gasteiger partial charge on any atom is 0.0878 e. The maximum absolute atomic E-state index is 5.97. The largest absolute Gasteiger partial charge is 0.355 e. The first-order chi connectivity index (χ1) is 7.24. The molecule has 0 aliphatic carbocycles. The zero-order valence-corrected chi connectivity index (χ0v) is 8.99. The Kier molecular flexibility index (Phi) is 1.73. The van der Waals surface area contributed by atoms with Crippen molar-refractivity contribution in [3.63, 3.8) is 0 Å². The number of nitrogens with zero attached hydrogens (tertiary/aromatic N) is 2. The normalized spacial score (nSPS) is 11.3. The number of fused-ring (bicyclic) bond motifs is 3. The fourth-order valence-electron chi connectivity index (χ4n) is 1.85. The second-order valence-corrected chi connectivity index (χ2v) is 4.12. The Morgan fingerprint density at radius 2 is 2.13 bits per heavy atom. The standard InChI is InChI=1S/C12H9ClN2/c1-15-5-4-9-10-6-8(13)2-3-11(10)14-12(9)7-15/h2-7H,1H3. The lowest BCUT2D eigenvalue weighted by Crippen LogP contribution is -1.89. The molecule has 2 heterocycles. The van der Waals surface area contributed by atoms with Crippen molar-refractivity contribution >= 4 is 22.5 Å². The Labute approximate surface area is 92.5 Å². The monoisotopic (exact) mass is 216 g/mol. The molecule has 0 aromatic heterocycles. The molecule has 2 nitrogen and oxygen atoms in total. The Hall–Kier alpha value is -1.54. The van der Waals surface area contributed by atoms with E-state index >= 15 is 0 Å². The van der Waals surface area contributed by atoms with Gasteiger partial charge in [-0.25, -0.2) is 4.98 Å². The van der Waals surface area contributed by atoms with Crippen molar-refractivity contribution in [1.82, 2.24) is 9.55 Å². The van der Waals surface area contributed by atoms with Crippen LogP contribution in [0.1, 0.15) is 0 Å². The molecule has 15 heavy (non-hydrogen) atoms. The van der Waals surface area contributed by atoms with Crippen LogP contribution in [0.15, 0.2) is 36.7 Å². The van der Waals surface area contributed by atoms with E-state index < -0.39 is 0 Å². The molecule has 3 heteroatoms. The Morgan fingerprint density at radius 3 is 3.00 bits per heavy atom. The lowest BCUT2D eigenvalue weighted by molar-refractivity contribution is 0.902. The molecule has 1 aromatic carbocycles. The van der Waals surface area contributed by atoms with Gasteiger partial charge in [-0.1, -0.05) is 11.6 Å². The van der Waals surface area contributed by atoms with Crippen molar-refractivity contribution in [3.8, 4) is 11.3 Å². The summed E-state index contributed by atoms with van der Waals surface area (Å²) in [7, 11) is 1.99. The van der Waals surface area contributed by atoms with Gasteiger partial charge in [-0.3, -0.25) is 0 Å². The van der Waals surface area contributed by atoms with E-state index in [1.165, 1.54) is 0 Å². The molecule has 0 unspecified atom stereocenters. The van der Waals surface area contributed by atoms with Crippen molar-refractivity contribution in [3.05, 3.63) is 41.7 Å². The van der Waals surface area contributed by atoms with Gasteiger partial charge in [-0.2, -0.15) is 0 Å². The van der Waals surface area contributed by atoms with Crippen LogP contribution in [0.25, 0.3) is 22.2 Å². The van der Waals surface area contributed by atoms with Gasteiger partial charge >= 0.3 is 0 Å². The fourth-order valence-corrected chi connectivity index (χ4v) is 2.02. The molecular formula is C12H9ClN2. The van der Waals surface area contributed by atoms with Gasteiger partial charge in [-0.05, 0) is 24.3 Å². The summed E-state index contributed by atoms with van der Waals surface area (Å²) >= 11 is 5.97. The van der Waals surface area contributed by atoms with E-state index in [-0.39, 0.29) is 0 Å². The van der Waals surface area contributed by atoms with E-state index in [0.717, 1.165) is 27.2 Å². The molecule has 74 valence electrons. The van der Waals surface area contributed by atoms with Gasteiger partial charge in [-0.15, -0.1) is 0 Å². The summed E-state index contributed by atoms with van der Waals surface area (Å²) in [5, 5.41) is 1.88. The molecular weight excluding hydrogens is 208 g/mol. The van der Waals surface area contributed by atoms with Gasteiger partial charge in [0.05, 0.1) is 11.2 Å². The lowest BCUT2D eigenvalue weighted by atomic mass is 10.1. The van der Waals surface area contributed by atoms with Crippen LogP contribution < -0.4 is 0 Å². The minimum atomic E-state index is 0.755. The van der Waals surface area contributed by atoms with E-state index in [1.54, 1.807) is 0 Å². The van der Waals surface area contributed by atoms with Gasteiger partial charge < -0.3 is 4.57 Å². The predicted molar refractivity (Wildman–Crippen MR) is 62.3 cm³/mol. The van der Waals surface area contributed by atoms with Gasteiger partial charge in [0.2, 0.25) is 0 Å². The number of halogens is 1. The summed E-state index contributed by atoms with van der Waals surface area (Å²) in [5.74, 6) is 0. The third kappa shape index (κ3) is 1.29. The maximum atomic E-state index is 5.97. The van der Waals surface area contributed by atoms with E-state index in [1.807, 2.05) is 42.2 Å². The van der Waals surface area contributed by atoms with Gasteiger partial charge in [0.25, 0.3) is 0 Å². The highest BCUT2D eigenvalue weighted by molar-refractivity contribution is 6.31. The summed E-state index contributed by atoms with van der Waals surface area (Å²) in [6, 6.07) is 7.86. The first-order valence-corrected chi connectivity index (χ1v) is 5.13. The summed E-state index contributed by atoms with van der Waals surface area (Å²) in [4.78, 5) is 4.54. The number of benzene rings is 1. The van der Waals surface area contributed by atoms with Gasteiger partial charge in [0.15, 0.2) is 0 Å². The van der Waals surface area contributed by atoms with E-state index in [2.05, 4.69) is 11.1 Å². The highest BCUT2D eigenvalue weighted by Crippen LogP contribution is 2.31. The molecule has 0 atom stereocenters. The number of hydrogen-bond donors (Lipinski definition) is 0. The number of aryl methyl sites for hydroxylation is 1. The minimum absolute atomic E-state index is 0.755. The number of aromatic nitrogens is 2. The molecule has 0 saturated heterocycles. The quantitative estimate of drug-likeness (QED) is 0.564. The molecule has 1 aromatic rings. The number of hydrogen-bond acceptors (Lipinski definition) is 1. The summed E-state index contributed by atoms with van der Waals surface area (Å²) in [6.07, 6.45) is 4.04. The minimum Gasteiger partial charge on any atom is -0.355 e. The molecule has 0 fully saturated rings. The number of rotatable bonds is 0. The first-order valence-electron chi connectivity index (χ1n) is 4.75. The van der Waals surface area contributed by atoms with E-state index in [0.29, 0.717) is 0 Å². The van der Waals surface area contributed by atoms with E-state index in [4.69, 9.17) is 11.6 Å². The van der Waals surface area contributed by atoms with Crippen LogP contribution in [0.3, 0.4) is 0 Å². The van der Waals surface area contributed by atoms with E-state index in [9.17, 15) is 0 Å². The Morgan fingerprint density at radius 1 is 1.27 bits per heavy atom. The van der Waals surface area contributed by atoms with Crippen LogP contribution in [-0.2, 0) is 7.05 Å². The van der Waals surface area contributed by atoms with Crippen LogP contribution in [-0.4, -0.2) is 9.55 Å². The van der Waals surface area contributed by atoms with Crippen LogP contribution in [0.4, 0.5) is 0 Å². The third-order valence-corrected chi connectivity index (χ3v) is 2.80. The summed E-state index contributed by atoms with van der Waals surface area (Å²) in [6.45, 7) is 0.